The molecule has 0 spiro atoms. The number of hydrogen-bond acceptors (Lipinski definition) is 3. The van der Waals surface area contributed by atoms with Gasteiger partial charge in [-0.15, -0.1) is 0 Å². The molecule has 1 atom stereocenters. The van der Waals surface area contributed by atoms with Crippen molar-refractivity contribution in [2.24, 2.45) is 0 Å². The largest absolute Gasteiger partial charge is 0.388 e. The molecule has 2 rings (SSSR count). The number of aliphatic hydroxyl groups excluding tert-OH is 1. The van der Waals surface area contributed by atoms with E-state index in [1.165, 1.54) is 18.4 Å². The van der Waals surface area contributed by atoms with Gasteiger partial charge in [0, 0.05) is 20.5 Å². The number of benzene rings is 2. The van der Waals surface area contributed by atoms with Crippen LogP contribution in [0.3, 0.4) is 0 Å². The SMILES string of the molecule is CN(C)S(=O)(=O)c1ccccc1CC(O)c1ccccc1. The third-order valence-electron chi connectivity index (χ3n) is 3.33. The lowest BCUT2D eigenvalue weighted by atomic mass is 10.0. The summed E-state index contributed by atoms with van der Waals surface area (Å²) in [6.45, 7) is 0. The average molecular weight is 305 g/mol. The molecule has 0 aromatic heterocycles. The first kappa shape index (κ1) is 15.7. The van der Waals surface area contributed by atoms with Crippen LogP contribution in [0.2, 0.25) is 0 Å². The number of hydrogen-bond donors (Lipinski definition) is 1. The van der Waals surface area contributed by atoms with E-state index in [4.69, 9.17) is 0 Å². The van der Waals surface area contributed by atoms with Crippen molar-refractivity contribution in [3.8, 4) is 0 Å². The van der Waals surface area contributed by atoms with Crippen LogP contribution >= 0.6 is 0 Å². The number of sulfonamides is 1. The summed E-state index contributed by atoms with van der Waals surface area (Å²) >= 11 is 0. The minimum Gasteiger partial charge on any atom is -0.388 e. The molecule has 0 fully saturated rings. The predicted octanol–water partition coefficient (Wildman–Crippen LogP) is 2.21. The molecule has 1 N–H and O–H groups in total. The number of aliphatic hydroxyl groups is 1. The second kappa shape index (κ2) is 6.39. The van der Waals surface area contributed by atoms with Crippen LogP contribution in [0.15, 0.2) is 59.5 Å². The van der Waals surface area contributed by atoms with Gasteiger partial charge in [0.05, 0.1) is 11.0 Å². The second-order valence-electron chi connectivity index (χ2n) is 5.03. The molecule has 0 saturated heterocycles. The van der Waals surface area contributed by atoms with Gasteiger partial charge in [0.1, 0.15) is 0 Å². The Kier molecular flexibility index (Phi) is 4.77. The highest BCUT2D eigenvalue weighted by Crippen LogP contribution is 2.24. The van der Waals surface area contributed by atoms with E-state index in [1.807, 2.05) is 30.3 Å². The van der Waals surface area contributed by atoms with Gasteiger partial charge in [-0.05, 0) is 17.2 Å². The lowest BCUT2D eigenvalue weighted by Gasteiger charge is -2.17. The summed E-state index contributed by atoms with van der Waals surface area (Å²) in [5.41, 5.74) is 1.39. The van der Waals surface area contributed by atoms with Crippen molar-refractivity contribution in [3.05, 3.63) is 65.7 Å². The quantitative estimate of drug-likeness (QED) is 0.921. The van der Waals surface area contributed by atoms with Gasteiger partial charge >= 0.3 is 0 Å². The zero-order valence-corrected chi connectivity index (χ0v) is 12.9. The van der Waals surface area contributed by atoms with Crippen LogP contribution in [0, 0.1) is 0 Å². The molecule has 0 aliphatic rings. The van der Waals surface area contributed by atoms with Crippen LogP contribution in [0.25, 0.3) is 0 Å². The summed E-state index contributed by atoms with van der Waals surface area (Å²) in [6.07, 6.45) is -0.475. The van der Waals surface area contributed by atoms with Crippen molar-refractivity contribution < 1.29 is 13.5 Å². The summed E-state index contributed by atoms with van der Waals surface area (Å²) in [5.74, 6) is 0. The van der Waals surface area contributed by atoms with E-state index in [1.54, 1.807) is 24.3 Å². The fourth-order valence-electron chi connectivity index (χ4n) is 2.12. The van der Waals surface area contributed by atoms with E-state index < -0.39 is 16.1 Å². The Bertz CT molecular complexity index is 696. The fourth-order valence-corrected chi connectivity index (χ4v) is 3.25. The normalized spacial score (nSPS) is 13.3. The molecular formula is C16H19NO3S. The average Bonchev–Trinajstić information content (AvgIpc) is 2.48. The third kappa shape index (κ3) is 3.50. The van der Waals surface area contributed by atoms with Gasteiger partial charge in [0.15, 0.2) is 0 Å². The molecule has 0 amide bonds. The van der Waals surface area contributed by atoms with Crippen molar-refractivity contribution in [2.75, 3.05) is 14.1 Å². The predicted molar refractivity (Wildman–Crippen MR) is 82.4 cm³/mol. The standard InChI is InChI=1S/C16H19NO3S/c1-17(2)21(19,20)16-11-7-6-10-14(16)12-15(18)13-8-4-3-5-9-13/h3-11,15,18H,12H2,1-2H3. The molecule has 0 heterocycles. The zero-order chi connectivity index (χ0) is 15.5. The van der Waals surface area contributed by atoms with E-state index >= 15 is 0 Å². The van der Waals surface area contributed by atoms with Crippen molar-refractivity contribution >= 4 is 10.0 Å². The summed E-state index contributed by atoms with van der Waals surface area (Å²) in [5, 5.41) is 10.3. The summed E-state index contributed by atoms with van der Waals surface area (Å²) < 4.78 is 25.8. The van der Waals surface area contributed by atoms with Crippen molar-refractivity contribution in [3.63, 3.8) is 0 Å². The van der Waals surface area contributed by atoms with Gasteiger partial charge in [-0.25, -0.2) is 12.7 Å². The molecule has 5 heteroatoms. The van der Waals surface area contributed by atoms with E-state index in [0.29, 0.717) is 5.56 Å². The molecule has 112 valence electrons. The Labute approximate surface area is 125 Å². The number of rotatable bonds is 5. The van der Waals surface area contributed by atoms with Crippen LogP contribution in [-0.4, -0.2) is 31.9 Å². The molecule has 0 bridgehead atoms. The van der Waals surface area contributed by atoms with Crippen molar-refractivity contribution in [1.82, 2.24) is 4.31 Å². The van der Waals surface area contributed by atoms with Gasteiger partial charge in [-0.3, -0.25) is 0 Å². The van der Waals surface area contributed by atoms with Crippen LogP contribution in [0.1, 0.15) is 17.2 Å². The van der Waals surface area contributed by atoms with Crippen LogP contribution in [0.4, 0.5) is 0 Å². The van der Waals surface area contributed by atoms with E-state index in [9.17, 15) is 13.5 Å². The van der Waals surface area contributed by atoms with E-state index in [0.717, 1.165) is 5.56 Å². The Morgan fingerprint density at radius 2 is 1.57 bits per heavy atom. The molecule has 4 nitrogen and oxygen atoms in total. The Hall–Kier alpha value is -1.69. The van der Waals surface area contributed by atoms with Gasteiger partial charge in [-0.2, -0.15) is 0 Å². The lowest BCUT2D eigenvalue weighted by Crippen LogP contribution is -2.23. The molecule has 0 aliphatic heterocycles. The molecule has 0 aliphatic carbocycles. The molecule has 0 radical (unpaired) electrons. The Morgan fingerprint density at radius 3 is 2.19 bits per heavy atom. The maximum Gasteiger partial charge on any atom is 0.242 e. The van der Waals surface area contributed by atoms with Crippen LogP contribution in [-0.2, 0) is 16.4 Å². The minimum absolute atomic E-state index is 0.241. The van der Waals surface area contributed by atoms with Gasteiger partial charge in [-0.1, -0.05) is 48.5 Å². The lowest BCUT2D eigenvalue weighted by molar-refractivity contribution is 0.177. The highest BCUT2D eigenvalue weighted by Gasteiger charge is 2.22. The maximum absolute atomic E-state index is 12.3. The van der Waals surface area contributed by atoms with E-state index in [2.05, 4.69) is 0 Å². The van der Waals surface area contributed by atoms with Gasteiger partial charge < -0.3 is 5.11 Å². The molecule has 1 unspecified atom stereocenters. The summed E-state index contributed by atoms with van der Waals surface area (Å²) in [4.78, 5) is 0.241. The first-order chi connectivity index (χ1) is 9.93. The van der Waals surface area contributed by atoms with Crippen LogP contribution < -0.4 is 0 Å². The maximum atomic E-state index is 12.3. The molecular weight excluding hydrogens is 286 g/mol. The monoisotopic (exact) mass is 305 g/mol. The van der Waals surface area contributed by atoms with Crippen molar-refractivity contribution in [2.45, 2.75) is 17.4 Å². The highest BCUT2D eigenvalue weighted by molar-refractivity contribution is 7.89. The zero-order valence-electron chi connectivity index (χ0n) is 12.1. The van der Waals surface area contributed by atoms with Crippen molar-refractivity contribution in [1.29, 1.82) is 0 Å². The Balaban J connectivity index is 2.34. The number of nitrogens with zero attached hydrogens (tertiary/aromatic N) is 1. The summed E-state index contributed by atoms with van der Waals surface area (Å²) in [7, 11) is -0.514. The van der Waals surface area contributed by atoms with Gasteiger partial charge in [0.2, 0.25) is 10.0 Å². The molecule has 2 aromatic rings. The fraction of sp³-hybridized carbons (Fsp3) is 0.250. The van der Waals surface area contributed by atoms with Gasteiger partial charge in [0.25, 0.3) is 0 Å². The topological polar surface area (TPSA) is 57.6 Å². The highest BCUT2D eigenvalue weighted by atomic mass is 32.2. The molecule has 2 aromatic carbocycles. The Morgan fingerprint density at radius 1 is 1.00 bits per heavy atom. The third-order valence-corrected chi connectivity index (χ3v) is 5.24. The molecule has 21 heavy (non-hydrogen) atoms. The minimum atomic E-state index is -3.51. The first-order valence-corrected chi connectivity index (χ1v) is 8.10. The first-order valence-electron chi connectivity index (χ1n) is 6.66. The molecule has 0 saturated carbocycles. The second-order valence-corrected chi connectivity index (χ2v) is 7.15. The van der Waals surface area contributed by atoms with E-state index in [-0.39, 0.29) is 11.3 Å². The summed E-state index contributed by atoms with van der Waals surface area (Å²) in [6, 6.07) is 16.0. The smallest absolute Gasteiger partial charge is 0.242 e. The van der Waals surface area contributed by atoms with Crippen LogP contribution in [0.5, 0.6) is 0 Å².